The number of benzene rings is 2. The van der Waals surface area contributed by atoms with Gasteiger partial charge in [-0.15, -0.1) is 0 Å². The Morgan fingerprint density at radius 2 is 1.95 bits per heavy atom. The fraction of sp³-hybridized carbons (Fsp3) is 0.333. The van der Waals surface area contributed by atoms with Gasteiger partial charge in [-0.2, -0.15) is 0 Å². The van der Waals surface area contributed by atoms with Crippen LogP contribution in [0.5, 0.6) is 5.75 Å². The lowest BCUT2D eigenvalue weighted by molar-refractivity contribution is 0.267. The minimum absolute atomic E-state index is 0.557. The predicted octanol–water partition coefficient (Wildman–Crippen LogP) is 3.48. The second-order valence-electron chi connectivity index (χ2n) is 5.76. The van der Waals surface area contributed by atoms with Crippen LogP contribution in [0.15, 0.2) is 48.5 Å². The van der Waals surface area contributed by atoms with Gasteiger partial charge in [0.25, 0.3) is 0 Å². The minimum atomic E-state index is 0.557. The van der Waals surface area contributed by atoms with Gasteiger partial charge in [-0.1, -0.05) is 30.3 Å². The number of rotatable bonds is 2. The van der Waals surface area contributed by atoms with Crippen LogP contribution >= 0.6 is 0 Å². The van der Waals surface area contributed by atoms with Crippen LogP contribution < -0.4 is 15.0 Å². The Balaban J connectivity index is 1.61. The van der Waals surface area contributed by atoms with Crippen LogP contribution in [0.3, 0.4) is 0 Å². The highest BCUT2D eigenvalue weighted by Gasteiger charge is 2.25. The van der Waals surface area contributed by atoms with Gasteiger partial charge in [-0.3, -0.25) is 0 Å². The van der Waals surface area contributed by atoms with Gasteiger partial charge < -0.3 is 15.0 Å². The average Bonchev–Trinajstić information content (AvgIpc) is 2.56. The first kappa shape index (κ1) is 12.6. The van der Waals surface area contributed by atoms with Crippen LogP contribution in [0.2, 0.25) is 0 Å². The summed E-state index contributed by atoms with van der Waals surface area (Å²) in [4.78, 5) is 2.51. The quantitative estimate of drug-likeness (QED) is 0.911. The van der Waals surface area contributed by atoms with Gasteiger partial charge in [-0.25, -0.2) is 0 Å². The van der Waals surface area contributed by atoms with E-state index in [-0.39, 0.29) is 0 Å². The maximum absolute atomic E-state index is 5.78. The SMILES string of the molecule is c1ccc2c(c1)NCCN2CC1CCOc2ccccc21. The molecule has 2 aliphatic rings. The van der Waals surface area contributed by atoms with E-state index in [1.54, 1.807) is 0 Å². The number of anilines is 2. The molecule has 108 valence electrons. The molecule has 0 saturated heterocycles. The zero-order chi connectivity index (χ0) is 14.1. The van der Waals surface area contributed by atoms with Crippen molar-refractivity contribution >= 4 is 11.4 Å². The molecule has 0 fully saturated rings. The van der Waals surface area contributed by atoms with E-state index in [0.717, 1.165) is 38.4 Å². The first-order valence-electron chi connectivity index (χ1n) is 7.71. The molecule has 0 aromatic heterocycles. The smallest absolute Gasteiger partial charge is 0.122 e. The number of hydrogen-bond acceptors (Lipinski definition) is 3. The number of fused-ring (bicyclic) bond motifs is 2. The molecule has 1 atom stereocenters. The molecule has 3 heteroatoms. The molecule has 0 radical (unpaired) electrons. The molecule has 2 aliphatic heterocycles. The topological polar surface area (TPSA) is 24.5 Å². The van der Waals surface area contributed by atoms with Gasteiger partial charge in [0, 0.05) is 25.6 Å². The van der Waals surface area contributed by atoms with E-state index < -0.39 is 0 Å². The molecular weight excluding hydrogens is 260 g/mol. The van der Waals surface area contributed by atoms with Crippen LogP contribution in [0.4, 0.5) is 11.4 Å². The first-order valence-corrected chi connectivity index (χ1v) is 7.71. The minimum Gasteiger partial charge on any atom is -0.493 e. The van der Waals surface area contributed by atoms with E-state index in [1.807, 2.05) is 0 Å². The van der Waals surface area contributed by atoms with Crippen LogP contribution in [0, 0.1) is 0 Å². The Labute approximate surface area is 125 Å². The molecule has 0 bridgehead atoms. The third-order valence-electron chi connectivity index (χ3n) is 4.47. The zero-order valence-corrected chi connectivity index (χ0v) is 12.1. The molecule has 0 spiro atoms. The number of para-hydroxylation sites is 3. The molecule has 21 heavy (non-hydrogen) atoms. The lowest BCUT2D eigenvalue weighted by Crippen LogP contribution is -2.37. The molecular formula is C18H20N2O. The Hall–Kier alpha value is -2.16. The molecule has 0 amide bonds. The van der Waals surface area contributed by atoms with Crippen LogP contribution in [0.1, 0.15) is 17.9 Å². The molecule has 0 saturated carbocycles. The van der Waals surface area contributed by atoms with Crippen molar-refractivity contribution in [1.29, 1.82) is 0 Å². The standard InChI is InChI=1S/C18H20N2O/c1-4-8-18-15(5-1)14(9-12-21-18)13-20-11-10-19-16-6-2-3-7-17(16)20/h1-8,14,19H,9-13H2. The molecule has 1 N–H and O–H groups in total. The predicted molar refractivity (Wildman–Crippen MR) is 86.4 cm³/mol. The van der Waals surface area contributed by atoms with E-state index in [2.05, 4.69) is 58.7 Å². The Morgan fingerprint density at radius 3 is 2.95 bits per heavy atom. The highest BCUT2D eigenvalue weighted by atomic mass is 16.5. The van der Waals surface area contributed by atoms with Gasteiger partial charge in [0.1, 0.15) is 5.75 Å². The molecule has 1 unspecified atom stereocenters. The highest BCUT2D eigenvalue weighted by Crippen LogP contribution is 2.36. The van der Waals surface area contributed by atoms with Crippen molar-refractivity contribution in [3.8, 4) is 5.75 Å². The normalized spacial score (nSPS) is 20.0. The second kappa shape index (κ2) is 5.32. The molecule has 2 aromatic carbocycles. The lowest BCUT2D eigenvalue weighted by Gasteiger charge is -2.36. The lowest BCUT2D eigenvalue weighted by atomic mass is 9.92. The molecule has 2 heterocycles. The van der Waals surface area contributed by atoms with Gasteiger partial charge >= 0.3 is 0 Å². The number of nitrogens with zero attached hydrogens (tertiary/aromatic N) is 1. The third-order valence-corrected chi connectivity index (χ3v) is 4.47. The molecule has 4 rings (SSSR count). The summed E-state index contributed by atoms with van der Waals surface area (Å²) < 4.78 is 5.78. The second-order valence-corrected chi connectivity index (χ2v) is 5.76. The van der Waals surface area contributed by atoms with Crippen LogP contribution in [-0.4, -0.2) is 26.2 Å². The van der Waals surface area contributed by atoms with Gasteiger partial charge in [0.15, 0.2) is 0 Å². The summed E-state index contributed by atoms with van der Waals surface area (Å²) in [6.45, 7) is 3.98. The van der Waals surface area contributed by atoms with Gasteiger partial charge in [-0.05, 0) is 30.2 Å². The monoisotopic (exact) mass is 280 g/mol. The van der Waals surface area contributed by atoms with Crippen molar-refractivity contribution in [3.05, 3.63) is 54.1 Å². The number of hydrogen-bond donors (Lipinski definition) is 1. The highest BCUT2D eigenvalue weighted by molar-refractivity contribution is 5.72. The van der Waals surface area contributed by atoms with E-state index in [4.69, 9.17) is 4.74 Å². The summed E-state index contributed by atoms with van der Waals surface area (Å²) in [7, 11) is 0. The van der Waals surface area contributed by atoms with Crippen molar-refractivity contribution in [2.75, 3.05) is 36.5 Å². The third kappa shape index (κ3) is 2.33. The summed E-state index contributed by atoms with van der Waals surface area (Å²) in [6.07, 6.45) is 1.10. The molecule has 2 aromatic rings. The summed E-state index contributed by atoms with van der Waals surface area (Å²) in [5, 5.41) is 3.48. The van der Waals surface area contributed by atoms with Crippen LogP contribution in [0.25, 0.3) is 0 Å². The average molecular weight is 280 g/mol. The molecule has 0 aliphatic carbocycles. The molecule has 3 nitrogen and oxygen atoms in total. The Kier molecular flexibility index (Phi) is 3.18. The van der Waals surface area contributed by atoms with Crippen molar-refractivity contribution < 1.29 is 4.74 Å². The first-order chi connectivity index (χ1) is 10.4. The zero-order valence-electron chi connectivity index (χ0n) is 12.1. The van der Waals surface area contributed by atoms with Crippen molar-refractivity contribution in [2.24, 2.45) is 0 Å². The largest absolute Gasteiger partial charge is 0.493 e. The fourth-order valence-electron chi connectivity index (χ4n) is 3.41. The Bertz CT molecular complexity index is 585. The van der Waals surface area contributed by atoms with E-state index in [9.17, 15) is 0 Å². The fourth-order valence-corrected chi connectivity index (χ4v) is 3.41. The van der Waals surface area contributed by atoms with Gasteiger partial charge in [0.05, 0.1) is 18.0 Å². The summed E-state index contributed by atoms with van der Waals surface area (Å²) in [6, 6.07) is 17.1. The summed E-state index contributed by atoms with van der Waals surface area (Å²) >= 11 is 0. The van der Waals surface area contributed by atoms with Crippen molar-refractivity contribution in [1.82, 2.24) is 0 Å². The Morgan fingerprint density at radius 1 is 1.10 bits per heavy atom. The number of nitrogens with one attached hydrogen (secondary N) is 1. The summed E-state index contributed by atoms with van der Waals surface area (Å²) in [5.41, 5.74) is 3.94. The summed E-state index contributed by atoms with van der Waals surface area (Å²) in [5.74, 6) is 1.62. The van der Waals surface area contributed by atoms with Crippen molar-refractivity contribution in [3.63, 3.8) is 0 Å². The maximum Gasteiger partial charge on any atom is 0.122 e. The van der Waals surface area contributed by atoms with Crippen molar-refractivity contribution in [2.45, 2.75) is 12.3 Å². The van der Waals surface area contributed by atoms with Crippen LogP contribution in [-0.2, 0) is 0 Å². The van der Waals surface area contributed by atoms with Gasteiger partial charge in [0.2, 0.25) is 0 Å². The number of ether oxygens (including phenoxy) is 1. The van der Waals surface area contributed by atoms with E-state index in [0.29, 0.717) is 5.92 Å². The van der Waals surface area contributed by atoms with E-state index in [1.165, 1.54) is 16.9 Å². The maximum atomic E-state index is 5.78. The van der Waals surface area contributed by atoms with E-state index >= 15 is 0 Å².